The second kappa shape index (κ2) is 6.83. The number of nitrogens with zero attached hydrogens (tertiary/aromatic N) is 2. The van der Waals surface area contributed by atoms with Gasteiger partial charge in [-0.25, -0.2) is 13.2 Å². The zero-order chi connectivity index (χ0) is 23.2. The number of halogens is 3. The van der Waals surface area contributed by atoms with Gasteiger partial charge in [-0.05, 0) is 24.7 Å². The van der Waals surface area contributed by atoms with Crippen molar-refractivity contribution in [2.24, 2.45) is 11.8 Å². The number of carbonyl (C=O) groups excluding carboxylic acids is 2. The van der Waals surface area contributed by atoms with Gasteiger partial charge in [0.15, 0.2) is 17.7 Å². The van der Waals surface area contributed by atoms with Crippen molar-refractivity contribution in [3.63, 3.8) is 0 Å². The van der Waals surface area contributed by atoms with Gasteiger partial charge >= 0.3 is 0 Å². The Morgan fingerprint density at radius 2 is 1.88 bits per heavy atom. The molecule has 2 amide bonds. The van der Waals surface area contributed by atoms with Gasteiger partial charge in [-0.2, -0.15) is 0 Å². The Labute approximate surface area is 184 Å². The maximum Gasteiger partial charge on any atom is 0.276 e. The maximum atomic E-state index is 13.8. The number of hydrogen-bond acceptors (Lipinski definition) is 5. The molecule has 1 aromatic heterocycles. The van der Waals surface area contributed by atoms with Gasteiger partial charge in [0, 0.05) is 36.5 Å². The Hall–Kier alpha value is -3.34. The van der Waals surface area contributed by atoms with Gasteiger partial charge in [-0.1, -0.05) is 0 Å². The Balaban J connectivity index is 1.30. The van der Waals surface area contributed by atoms with E-state index >= 15 is 0 Å². The van der Waals surface area contributed by atoms with Gasteiger partial charge in [0.05, 0.1) is 12.6 Å². The summed E-state index contributed by atoms with van der Waals surface area (Å²) in [6.45, 7) is -0.522. The average molecular weight is 461 g/mol. The molecule has 2 aliphatic carbocycles. The molecule has 1 aromatic carbocycles. The monoisotopic (exact) mass is 461 g/mol. The molecule has 0 radical (unpaired) electrons. The summed E-state index contributed by atoms with van der Waals surface area (Å²) in [7, 11) is 0. The van der Waals surface area contributed by atoms with E-state index in [-0.39, 0.29) is 24.4 Å². The number of aromatic hydroxyl groups is 1. The van der Waals surface area contributed by atoms with Crippen LogP contribution in [-0.4, -0.2) is 44.8 Å². The summed E-state index contributed by atoms with van der Waals surface area (Å²) < 4.78 is 48.1. The Bertz CT molecular complexity index is 1270. The average Bonchev–Trinajstić information content (AvgIpc) is 3.50. The van der Waals surface area contributed by atoms with Crippen LogP contribution in [0.5, 0.6) is 5.75 Å². The highest BCUT2D eigenvalue weighted by Gasteiger charge is 2.63. The summed E-state index contributed by atoms with van der Waals surface area (Å²) in [6.07, 6.45) is 2.38. The number of carbonyl (C=O) groups is 2. The standard InChI is InChI=1S/C22H18F3N3O5/c23-8-1-13(24)11(14(25)2-8)5-26-21(31)12-6-27-7-17-28(22(32)18(27)20(30)19(12)29)15-4-16(33-17)10-3-9(10)15/h1-2,6,9-10,15-17,30H,3-5,7H2,(H,26,31). The highest BCUT2D eigenvalue weighted by molar-refractivity contribution is 5.99. The van der Waals surface area contributed by atoms with Crippen LogP contribution >= 0.6 is 0 Å². The molecule has 3 fully saturated rings. The topological polar surface area (TPSA) is 101 Å². The van der Waals surface area contributed by atoms with Gasteiger partial charge < -0.3 is 24.6 Å². The lowest BCUT2D eigenvalue weighted by Crippen LogP contribution is -2.58. The fraction of sp³-hybridized carbons (Fsp3) is 0.409. The minimum Gasteiger partial charge on any atom is -0.503 e. The molecule has 33 heavy (non-hydrogen) atoms. The van der Waals surface area contributed by atoms with Crippen molar-refractivity contribution in [2.75, 3.05) is 0 Å². The smallest absolute Gasteiger partial charge is 0.276 e. The zero-order valence-electron chi connectivity index (χ0n) is 17.1. The van der Waals surface area contributed by atoms with E-state index in [1.165, 1.54) is 4.57 Å². The lowest BCUT2D eigenvalue weighted by Gasteiger charge is -2.45. The Morgan fingerprint density at radius 1 is 1.15 bits per heavy atom. The zero-order valence-corrected chi connectivity index (χ0v) is 17.1. The summed E-state index contributed by atoms with van der Waals surface area (Å²) >= 11 is 0. The van der Waals surface area contributed by atoms with E-state index in [4.69, 9.17) is 4.74 Å². The highest BCUT2D eigenvalue weighted by atomic mass is 19.1. The molecular formula is C22H18F3N3O5. The van der Waals surface area contributed by atoms with Gasteiger partial charge in [-0.3, -0.25) is 14.4 Å². The first kappa shape index (κ1) is 20.3. The summed E-state index contributed by atoms with van der Waals surface area (Å²) in [5, 5.41) is 12.7. The van der Waals surface area contributed by atoms with E-state index in [1.807, 2.05) is 0 Å². The number of ether oxygens (including phenoxy) is 1. The van der Waals surface area contributed by atoms with E-state index in [1.54, 1.807) is 4.90 Å². The first-order valence-electron chi connectivity index (χ1n) is 10.6. The van der Waals surface area contributed by atoms with Crippen LogP contribution in [0.2, 0.25) is 0 Å². The van der Waals surface area contributed by atoms with Crippen molar-refractivity contribution in [2.45, 2.75) is 44.3 Å². The van der Waals surface area contributed by atoms with Crippen molar-refractivity contribution in [3.05, 3.63) is 62.8 Å². The highest BCUT2D eigenvalue weighted by Crippen LogP contribution is 2.58. The van der Waals surface area contributed by atoms with E-state index in [9.17, 15) is 32.7 Å². The molecule has 2 N–H and O–H groups in total. The van der Waals surface area contributed by atoms with Crippen molar-refractivity contribution in [3.8, 4) is 5.75 Å². The van der Waals surface area contributed by atoms with Crippen LogP contribution in [0.1, 0.15) is 39.3 Å². The molecule has 2 saturated carbocycles. The first-order valence-corrected chi connectivity index (χ1v) is 10.6. The van der Waals surface area contributed by atoms with Gasteiger partial charge in [0.25, 0.3) is 11.8 Å². The molecule has 4 aliphatic rings. The van der Waals surface area contributed by atoms with Crippen molar-refractivity contribution in [1.29, 1.82) is 0 Å². The third-order valence-corrected chi connectivity index (χ3v) is 7.16. The number of benzene rings is 1. The quantitative estimate of drug-likeness (QED) is 0.722. The second-order valence-corrected chi connectivity index (χ2v) is 8.96. The molecule has 172 valence electrons. The molecule has 0 spiro atoms. The lowest BCUT2D eigenvalue weighted by molar-refractivity contribution is -0.144. The molecule has 3 heterocycles. The molecule has 2 bridgehead atoms. The van der Waals surface area contributed by atoms with Crippen molar-refractivity contribution >= 4 is 11.8 Å². The van der Waals surface area contributed by atoms with Crippen molar-refractivity contribution < 1.29 is 32.6 Å². The van der Waals surface area contributed by atoms with Crippen LogP contribution in [0.15, 0.2) is 23.1 Å². The lowest BCUT2D eigenvalue weighted by atomic mass is 10.0. The largest absolute Gasteiger partial charge is 0.503 e. The predicted octanol–water partition coefficient (Wildman–Crippen LogP) is 1.49. The second-order valence-electron chi connectivity index (χ2n) is 8.96. The van der Waals surface area contributed by atoms with Gasteiger partial charge in [0.2, 0.25) is 5.43 Å². The molecule has 8 nitrogen and oxygen atoms in total. The number of pyridine rings is 1. The van der Waals surface area contributed by atoms with E-state index in [0.29, 0.717) is 24.0 Å². The molecule has 2 aliphatic heterocycles. The van der Waals surface area contributed by atoms with Crippen LogP contribution in [0.25, 0.3) is 0 Å². The van der Waals surface area contributed by atoms with Gasteiger partial charge in [-0.15, -0.1) is 0 Å². The van der Waals surface area contributed by atoms with Crippen LogP contribution in [-0.2, 0) is 17.8 Å². The summed E-state index contributed by atoms with van der Waals surface area (Å²) in [4.78, 5) is 40.1. The molecule has 11 heteroatoms. The minimum atomic E-state index is -1.19. The molecule has 2 aromatic rings. The predicted molar refractivity (Wildman–Crippen MR) is 105 cm³/mol. The minimum absolute atomic E-state index is 0.0120. The van der Waals surface area contributed by atoms with Crippen LogP contribution in [0.4, 0.5) is 13.2 Å². The number of hydrogen-bond donors (Lipinski definition) is 2. The SMILES string of the molecule is O=C(NCc1c(F)cc(F)cc1F)c1cn2c(c(O)c1=O)C(=O)N1C(C2)OC2CC1C1CC21. The maximum absolute atomic E-state index is 13.8. The number of aromatic nitrogens is 1. The molecule has 1 saturated heterocycles. The van der Waals surface area contributed by atoms with E-state index in [2.05, 4.69) is 5.32 Å². The summed E-state index contributed by atoms with van der Waals surface area (Å²) in [5.74, 6) is -5.07. The van der Waals surface area contributed by atoms with Crippen molar-refractivity contribution in [1.82, 2.24) is 14.8 Å². The molecule has 5 unspecified atom stereocenters. The van der Waals surface area contributed by atoms with Crippen LogP contribution < -0.4 is 10.7 Å². The third kappa shape index (κ3) is 2.91. The third-order valence-electron chi connectivity index (χ3n) is 7.16. The summed E-state index contributed by atoms with van der Waals surface area (Å²) in [5.41, 5.74) is -2.36. The number of nitrogens with one attached hydrogen (secondary N) is 1. The first-order chi connectivity index (χ1) is 15.7. The van der Waals surface area contributed by atoms with E-state index < -0.39 is 64.3 Å². The number of rotatable bonds is 3. The van der Waals surface area contributed by atoms with Crippen LogP contribution in [0, 0.1) is 29.3 Å². The summed E-state index contributed by atoms with van der Waals surface area (Å²) in [6, 6.07) is 0.962. The normalized spacial score (nSPS) is 28.8. The van der Waals surface area contributed by atoms with E-state index in [0.717, 1.165) is 19.0 Å². The molecular weight excluding hydrogens is 443 g/mol. The van der Waals surface area contributed by atoms with Gasteiger partial charge in [0.1, 0.15) is 23.0 Å². The number of amides is 2. The molecule has 6 rings (SSSR count). The molecule has 5 atom stereocenters. The van der Waals surface area contributed by atoms with Crippen LogP contribution in [0.3, 0.4) is 0 Å². The number of fused-ring (bicyclic) bond motifs is 8. The Kier molecular flexibility index (Phi) is 4.20. The Morgan fingerprint density at radius 3 is 2.61 bits per heavy atom. The fourth-order valence-electron chi connectivity index (χ4n) is 5.54. The fourth-order valence-corrected chi connectivity index (χ4v) is 5.54.